The Morgan fingerprint density at radius 2 is 2.14 bits per heavy atom. The molecule has 116 valence electrons. The Morgan fingerprint density at radius 3 is 2.82 bits per heavy atom. The van der Waals surface area contributed by atoms with Crippen molar-refractivity contribution in [2.24, 2.45) is 5.92 Å². The number of nitrogens with zero attached hydrogens (tertiary/aromatic N) is 1. The van der Waals surface area contributed by atoms with E-state index >= 15 is 0 Å². The largest absolute Gasteiger partial charge is 0.399 e. The van der Waals surface area contributed by atoms with Gasteiger partial charge in [-0.1, -0.05) is 11.6 Å². The Bertz CT molecular complexity index is 736. The summed E-state index contributed by atoms with van der Waals surface area (Å²) in [6, 6.07) is 5.82. The van der Waals surface area contributed by atoms with Gasteiger partial charge in [0.15, 0.2) is 0 Å². The van der Waals surface area contributed by atoms with Crippen LogP contribution in [0.15, 0.2) is 18.2 Å². The van der Waals surface area contributed by atoms with Crippen molar-refractivity contribution >= 4 is 44.6 Å². The third-order valence-corrected chi connectivity index (χ3v) is 6.49. The summed E-state index contributed by atoms with van der Waals surface area (Å²) in [7, 11) is 0. The zero-order valence-corrected chi connectivity index (χ0v) is 13.7. The van der Waals surface area contributed by atoms with Gasteiger partial charge in [-0.05, 0) is 50.0 Å². The molecular weight excluding hydrogens is 318 g/mol. The second-order valence-corrected chi connectivity index (χ2v) is 7.65. The lowest BCUT2D eigenvalue weighted by Crippen LogP contribution is -2.57. The van der Waals surface area contributed by atoms with Crippen LogP contribution in [0.25, 0.3) is 10.1 Å². The van der Waals surface area contributed by atoms with Crippen molar-refractivity contribution < 1.29 is 4.79 Å². The van der Waals surface area contributed by atoms with Crippen LogP contribution in [0.2, 0.25) is 5.02 Å². The van der Waals surface area contributed by atoms with Crippen LogP contribution in [0.4, 0.5) is 5.69 Å². The molecule has 5 rings (SSSR count). The molecule has 3 aliphatic rings. The van der Waals surface area contributed by atoms with E-state index in [0.29, 0.717) is 21.5 Å². The number of carbonyl (C=O) groups excluding carboxylic acids is 1. The summed E-state index contributed by atoms with van der Waals surface area (Å²) in [5.74, 6) is 0.557. The molecule has 1 unspecified atom stereocenters. The van der Waals surface area contributed by atoms with Crippen LogP contribution in [0.1, 0.15) is 22.5 Å². The number of hydrogen-bond donors (Lipinski definition) is 2. The van der Waals surface area contributed by atoms with Crippen molar-refractivity contribution in [3.63, 3.8) is 0 Å². The molecule has 3 fully saturated rings. The summed E-state index contributed by atoms with van der Waals surface area (Å²) in [4.78, 5) is 15.7. The number of anilines is 1. The molecule has 0 saturated carbocycles. The quantitative estimate of drug-likeness (QED) is 0.829. The Hall–Kier alpha value is -1.30. The highest BCUT2D eigenvalue weighted by Crippen LogP contribution is 2.36. The van der Waals surface area contributed by atoms with Gasteiger partial charge in [0.05, 0.1) is 5.02 Å². The van der Waals surface area contributed by atoms with E-state index in [4.69, 9.17) is 17.3 Å². The van der Waals surface area contributed by atoms with Crippen molar-refractivity contribution in [3.05, 3.63) is 28.1 Å². The van der Waals surface area contributed by atoms with Gasteiger partial charge in [0.1, 0.15) is 4.88 Å². The lowest BCUT2D eigenvalue weighted by atomic mass is 9.84. The number of fused-ring (bicyclic) bond motifs is 4. The van der Waals surface area contributed by atoms with Gasteiger partial charge in [0.2, 0.25) is 0 Å². The zero-order valence-electron chi connectivity index (χ0n) is 12.1. The summed E-state index contributed by atoms with van der Waals surface area (Å²) in [6.07, 6.45) is 2.36. The topological polar surface area (TPSA) is 58.4 Å². The maximum absolute atomic E-state index is 12.6. The van der Waals surface area contributed by atoms with E-state index in [1.807, 2.05) is 18.2 Å². The van der Waals surface area contributed by atoms with E-state index in [1.54, 1.807) is 0 Å². The average molecular weight is 336 g/mol. The molecule has 0 spiro atoms. The highest BCUT2D eigenvalue weighted by Gasteiger charge is 2.35. The number of hydrogen-bond acceptors (Lipinski definition) is 4. The molecule has 1 aromatic carbocycles. The van der Waals surface area contributed by atoms with Gasteiger partial charge in [-0.25, -0.2) is 0 Å². The fraction of sp³-hybridized carbons (Fsp3) is 0.438. The number of piperidine rings is 3. The third-order valence-electron chi connectivity index (χ3n) is 4.83. The van der Waals surface area contributed by atoms with Crippen molar-refractivity contribution in [2.75, 3.05) is 25.4 Å². The Kier molecular flexibility index (Phi) is 3.51. The highest BCUT2D eigenvalue weighted by molar-refractivity contribution is 7.21. The molecule has 4 heterocycles. The molecule has 0 aliphatic carbocycles. The maximum atomic E-state index is 12.6. The van der Waals surface area contributed by atoms with Crippen molar-refractivity contribution in [3.8, 4) is 0 Å². The lowest BCUT2D eigenvalue weighted by Gasteiger charge is -2.44. The van der Waals surface area contributed by atoms with Gasteiger partial charge < -0.3 is 16.0 Å². The minimum absolute atomic E-state index is 0.0523. The minimum atomic E-state index is -0.0523. The van der Waals surface area contributed by atoms with Gasteiger partial charge >= 0.3 is 0 Å². The van der Waals surface area contributed by atoms with Crippen LogP contribution < -0.4 is 11.1 Å². The van der Waals surface area contributed by atoms with E-state index in [1.165, 1.54) is 37.3 Å². The molecule has 3 aliphatic heterocycles. The number of rotatable bonds is 2. The number of nitrogens with one attached hydrogen (secondary N) is 1. The predicted molar refractivity (Wildman–Crippen MR) is 91.7 cm³/mol. The second-order valence-electron chi connectivity index (χ2n) is 6.22. The molecular formula is C16H18ClN3OS. The molecule has 3 saturated heterocycles. The summed E-state index contributed by atoms with van der Waals surface area (Å²) < 4.78 is 0.962. The summed E-state index contributed by atoms with van der Waals surface area (Å²) in [6.45, 7) is 3.30. The highest BCUT2D eigenvalue weighted by atomic mass is 35.5. The first-order valence-corrected chi connectivity index (χ1v) is 8.82. The van der Waals surface area contributed by atoms with Crippen molar-refractivity contribution in [1.29, 1.82) is 0 Å². The minimum Gasteiger partial charge on any atom is -0.399 e. The van der Waals surface area contributed by atoms with Crippen LogP contribution >= 0.6 is 22.9 Å². The molecule has 1 atom stereocenters. The van der Waals surface area contributed by atoms with E-state index in [-0.39, 0.29) is 11.9 Å². The van der Waals surface area contributed by atoms with Crippen LogP contribution in [-0.2, 0) is 0 Å². The summed E-state index contributed by atoms with van der Waals surface area (Å²) in [5.41, 5.74) is 6.50. The maximum Gasteiger partial charge on any atom is 0.263 e. The summed E-state index contributed by atoms with van der Waals surface area (Å²) in [5, 5.41) is 4.64. The molecule has 0 radical (unpaired) electrons. The third kappa shape index (κ3) is 2.37. The van der Waals surface area contributed by atoms with Crippen LogP contribution in [0, 0.1) is 5.92 Å². The van der Waals surface area contributed by atoms with Gasteiger partial charge in [-0.15, -0.1) is 11.3 Å². The van der Waals surface area contributed by atoms with Crippen LogP contribution in [0.5, 0.6) is 0 Å². The van der Waals surface area contributed by atoms with Crippen molar-refractivity contribution in [1.82, 2.24) is 10.2 Å². The standard InChI is InChI=1S/C16H18ClN3OS/c17-14-11-2-1-10(18)7-13(11)22-15(14)16(21)19-12-8-20-5-3-9(12)4-6-20/h1-2,7,9,12H,3-6,8,18H2,(H,19,21). The molecule has 2 bridgehead atoms. The van der Waals surface area contributed by atoms with Gasteiger partial charge in [-0.3, -0.25) is 4.79 Å². The first kappa shape index (κ1) is 14.3. The molecule has 3 N–H and O–H groups in total. The molecule has 6 heteroatoms. The summed E-state index contributed by atoms with van der Waals surface area (Å²) >= 11 is 7.82. The Balaban J connectivity index is 1.59. The molecule has 2 aromatic rings. The number of nitrogens with two attached hydrogens (primary N) is 1. The van der Waals surface area contributed by atoms with Crippen LogP contribution in [0.3, 0.4) is 0 Å². The Labute approximate surface area is 138 Å². The lowest BCUT2D eigenvalue weighted by molar-refractivity contribution is 0.0623. The number of nitrogen functional groups attached to an aromatic ring is 1. The zero-order chi connectivity index (χ0) is 15.3. The normalized spacial score (nSPS) is 27.2. The van der Waals surface area contributed by atoms with Crippen molar-refractivity contribution in [2.45, 2.75) is 18.9 Å². The monoisotopic (exact) mass is 335 g/mol. The Morgan fingerprint density at radius 1 is 1.36 bits per heavy atom. The number of benzene rings is 1. The van der Waals surface area contributed by atoms with Gasteiger partial charge in [0.25, 0.3) is 5.91 Å². The number of halogens is 1. The van der Waals surface area contributed by atoms with E-state index in [2.05, 4.69) is 10.2 Å². The smallest absolute Gasteiger partial charge is 0.263 e. The first-order chi connectivity index (χ1) is 10.6. The molecule has 4 nitrogen and oxygen atoms in total. The number of amides is 1. The average Bonchev–Trinajstić information content (AvgIpc) is 2.85. The predicted octanol–water partition coefficient (Wildman–Crippen LogP) is 2.96. The number of carbonyl (C=O) groups is 1. The molecule has 1 aromatic heterocycles. The van der Waals surface area contributed by atoms with Gasteiger partial charge in [0, 0.05) is 28.4 Å². The fourth-order valence-corrected chi connectivity index (χ4v) is 5.06. The molecule has 1 amide bonds. The second kappa shape index (κ2) is 5.41. The van der Waals surface area contributed by atoms with E-state index in [0.717, 1.165) is 16.6 Å². The fourth-order valence-electron chi connectivity index (χ4n) is 3.59. The molecule has 22 heavy (non-hydrogen) atoms. The SMILES string of the molecule is Nc1ccc2c(Cl)c(C(=O)NC3CN4CCC3CC4)sc2c1. The van der Waals surface area contributed by atoms with E-state index < -0.39 is 0 Å². The van der Waals surface area contributed by atoms with Gasteiger partial charge in [-0.2, -0.15) is 0 Å². The number of thiophene rings is 1. The van der Waals surface area contributed by atoms with Crippen LogP contribution in [-0.4, -0.2) is 36.5 Å². The van der Waals surface area contributed by atoms with E-state index in [9.17, 15) is 4.79 Å². The first-order valence-electron chi connectivity index (χ1n) is 7.62.